The van der Waals surface area contributed by atoms with Crippen LogP contribution in [0.3, 0.4) is 0 Å². The maximum absolute atomic E-state index is 2.16. The van der Waals surface area contributed by atoms with Gasteiger partial charge in [0.15, 0.2) is 0 Å². The number of thioether (sulfide) groups is 5. The zero-order valence-electron chi connectivity index (χ0n) is 7.85. The molecule has 6 heteroatoms. The first-order valence-electron chi connectivity index (χ1n) is 4.41. The third-order valence-corrected chi connectivity index (χ3v) is 9.42. The Kier molecular flexibility index (Phi) is 7.73. The van der Waals surface area contributed by atoms with Gasteiger partial charge in [0.05, 0.1) is 0 Å². The molecule has 0 aliphatic carbocycles. The third-order valence-electron chi connectivity index (χ3n) is 1.99. The molecule has 0 spiro atoms. The summed E-state index contributed by atoms with van der Waals surface area (Å²) >= 11 is 10.6. The molecule has 0 radical (unpaired) electrons. The van der Waals surface area contributed by atoms with E-state index in [1.54, 1.807) is 0 Å². The van der Waals surface area contributed by atoms with E-state index in [0.29, 0.717) is 0 Å². The van der Waals surface area contributed by atoms with Gasteiger partial charge in [-0.15, -0.1) is 35.3 Å². The van der Waals surface area contributed by atoms with Gasteiger partial charge < -0.3 is 0 Å². The average molecular weight is 291 g/mol. The zero-order valence-corrected chi connectivity index (χ0v) is 11.9. The first-order chi connectivity index (χ1) is 6.45. The van der Waals surface area contributed by atoms with Gasteiger partial charge in [-0.05, 0) is 0 Å². The zero-order chi connectivity index (χ0) is 8.93. The van der Waals surface area contributed by atoms with Gasteiger partial charge in [-0.25, -0.2) is 0 Å². The predicted octanol–water partition coefficient (Wildman–Crippen LogP) is 3.48. The number of rotatable bonds is 6. The summed E-state index contributed by atoms with van der Waals surface area (Å²) in [5.74, 6) is 5.60. The highest BCUT2D eigenvalue weighted by Crippen LogP contribution is 2.34. The van der Waals surface area contributed by atoms with Crippen LogP contribution in [0.1, 0.15) is 0 Å². The van der Waals surface area contributed by atoms with Crippen molar-refractivity contribution >= 4 is 58.8 Å². The lowest BCUT2D eigenvalue weighted by Crippen LogP contribution is -2.21. The molecule has 0 aromatic rings. The molecule has 2 aliphatic rings. The maximum Gasteiger partial charge on any atom is 0.0403 e. The Morgan fingerprint density at radius 2 is 1.29 bits per heavy atom. The van der Waals surface area contributed by atoms with Crippen molar-refractivity contribution in [3.05, 3.63) is 0 Å². The molecular formula is C8H15FS5. The molecule has 0 nitrogen and oxygen atoms in total. The van der Waals surface area contributed by atoms with E-state index >= 15 is 0 Å². The van der Waals surface area contributed by atoms with Gasteiger partial charge in [0.2, 0.25) is 0 Å². The molecule has 2 saturated heterocycles. The summed E-state index contributed by atoms with van der Waals surface area (Å²) in [5.41, 5.74) is 0. The fourth-order valence-corrected chi connectivity index (χ4v) is 7.69. The van der Waals surface area contributed by atoms with Gasteiger partial charge in [-0.1, -0.05) is 0 Å². The van der Waals surface area contributed by atoms with Crippen LogP contribution in [0.5, 0.6) is 0 Å². The Morgan fingerprint density at radius 1 is 0.857 bits per heavy atom. The Morgan fingerprint density at radius 3 is 1.57 bits per heavy atom. The topological polar surface area (TPSA) is 0 Å². The van der Waals surface area contributed by atoms with Crippen molar-refractivity contribution in [3.8, 4) is 0 Å². The molecule has 0 aromatic heterocycles. The number of halogens is 1. The summed E-state index contributed by atoms with van der Waals surface area (Å²) in [6.45, 7) is 0. The van der Waals surface area contributed by atoms with E-state index in [2.05, 4.69) is 58.8 Å². The van der Waals surface area contributed by atoms with Crippen LogP contribution in [0.25, 0.3) is 0 Å². The van der Waals surface area contributed by atoms with Crippen LogP contribution in [0, 0.1) is 0 Å². The molecule has 2 aliphatic heterocycles. The summed E-state index contributed by atoms with van der Waals surface area (Å²) < 4.78 is 0. The standard InChI is InChI=1S/C8H14S5.FH/c1-7(2-9-1)12-5-11-6-13-8-3-10-4-8;/h7-8H,1-6H2;1H. The molecule has 0 aromatic carbocycles. The number of hydrogen-bond donors (Lipinski definition) is 0. The van der Waals surface area contributed by atoms with Crippen LogP contribution in [-0.4, -0.2) is 43.7 Å². The van der Waals surface area contributed by atoms with E-state index in [1.807, 2.05) is 0 Å². The van der Waals surface area contributed by atoms with Crippen LogP contribution in [0.4, 0.5) is 4.70 Å². The van der Waals surface area contributed by atoms with Gasteiger partial charge in [-0.3, -0.25) is 4.70 Å². The third kappa shape index (κ3) is 4.68. The van der Waals surface area contributed by atoms with E-state index in [9.17, 15) is 0 Å². The smallest absolute Gasteiger partial charge is 0.0403 e. The largest absolute Gasteiger partial charge is 0.269 e. The Hall–Kier alpha value is 1.68. The van der Waals surface area contributed by atoms with Gasteiger partial charge in [0.25, 0.3) is 0 Å². The molecule has 2 rings (SSSR count). The van der Waals surface area contributed by atoms with Crippen molar-refractivity contribution in [2.45, 2.75) is 10.5 Å². The fraction of sp³-hybridized carbons (Fsp3) is 1.00. The summed E-state index contributed by atoms with van der Waals surface area (Å²) in [5, 5.41) is 4.61. The van der Waals surface area contributed by atoms with Crippen LogP contribution in [0.2, 0.25) is 0 Å². The van der Waals surface area contributed by atoms with Crippen LogP contribution >= 0.6 is 58.8 Å². The van der Waals surface area contributed by atoms with Crippen molar-refractivity contribution < 1.29 is 4.70 Å². The maximum atomic E-state index is 2.16. The van der Waals surface area contributed by atoms with Gasteiger partial charge in [0, 0.05) is 43.7 Å². The van der Waals surface area contributed by atoms with E-state index in [1.165, 1.54) is 33.2 Å². The quantitative estimate of drug-likeness (QED) is 0.541. The van der Waals surface area contributed by atoms with Crippen molar-refractivity contribution in [2.75, 3.05) is 33.2 Å². The van der Waals surface area contributed by atoms with E-state index in [4.69, 9.17) is 0 Å². The molecule has 0 N–H and O–H groups in total. The van der Waals surface area contributed by atoms with E-state index < -0.39 is 0 Å². The Bertz CT molecular complexity index is 133. The van der Waals surface area contributed by atoms with Crippen molar-refractivity contribution in [1.29, 1.82) is 0 Å². The molecular weight excluding hydrogens is 275 g/mol. The molecule has 0 saturated carbocycles. The fourth-order valence-electron chi connectivity index (χ4n) is 0.943. The molecule has 0 amide bonds. The highest BCUT2D eigenvalue weighted by atomic mass is 32.2. The van der Waals surface area contributed by atoms with Crippen molar-refractivity contribution in [3.63, 3.8) is 0 Å². The van der Waals surface area contributed by atoms with Gasteiger partial charge >= 0.3 is 0 Å². The summed E-state index contributed by atoms with van der Waals surface area (Å²) in [7, 11) is 0. The Labute approximate surface area is 107 Å². The molecule has 0 bridgehead atoms. The highest BCUT2D eigenvalue weighted by Gasteiger charge is 2.19. The number of hydrogen-bond acceptors (Lipinski definition) is 5. The predicted molar refractivity (Wildman–Crippen MR) is 77.2 cm³/mol. The minimum absolute atomic E-state index is 0. The summed E-state index contributed by atoms with van der Waals surface area (Å²) in [4.78, 5) is 0. The Balaban J connectivity index is 0.000000980. The average Bonchev–Trinajstić information content (AvgIpc) is 1.96. The van der Waals surface area contributed by atoms with Crippen LogP contribution < -0.4 is 0 Å². The van der Waals surface area contributed by atoms with Crippen molar-refractivity contribution in [2.24, 2.45) is 0 Å². The second-order valence-electron chi connectivity index (χ2n) is 3.09. The van der Waals surface area contributed by atoms with E-state index in [0.717, 1.165) is 10.5 Å². The lowest BCUT2D eigenvalue weighted by molar-refractivity contribution is 1.09. The van der Waals surface area contributed by atoms with Crippen LogP contribution in [-0.2, 0) is 0 Å². The summed E-state index contributed by atoms with van der Waals surface area (Å²) in [6.07, 6.45) is 0. The first kappa shape index (κ1) is 13.7. The van der Waals surface area contributed by atoms with Gasteiger partial charge in [0.1, 0.15) is 0 Å². The molecule has 0 unspecified atom stereocenters. The van der Waals surface area contributed by atoms with Crippen LogP contribution in [0.15, 0.2) is 0 Å². The first-order valence-corrected chi connectivity index (χ1v) is 9.98. The van der Waals surface area contributed by atoms with Gasteiger partial charge in [-0.2, -0.15) is 23.5 Å². The minimum Gasteiger partial charge on any atom is -0.269 e. The lowest BCUT2D eigenvalue weighted by atomic mass is 10.5. The molecule has 2 heterocycles. The highest BCUT2D eigenvalue weighted by molar-refractivity contribution is 8.24. The molecule has 2 fully saturated rings. The van der Waals surface area contributed by atoms with E-state index in [-0.39, 0.29) is 4.70 Å². The minimum atomic E-state index is 0. The monoisotopic (exact) mass is 290 g/mol. The molecule has 0 atom stereocenters. The lowest BCUT2D eigenvalue weighted by Gasteiger charge is -2.25. The SMILES string of the molecule is C(SCSC1CSC1)SC1CSC1.F. The molecule has 84 valence electrons. The van der Waals surface area contributed by atoms with Crippen molar-refractivity contribution in [1.82, 2.24) is 0 Å². The summed E-state index contributed by atoms with van der Waals surface area (Å²) in [6, 6.07) is 0. The normalized spacial score (nSPS) is 22.3. The molecule has 14 heavy (non-hydrogen) atoms. The second kappa shape index (κ2) is 7.87. The second-order valence-corrected chi connectivity index (χ2v) is 9.54.